The van der Waals surface area contributed by atoms with Gasteiger partial charge in [-0.3, -0.25) is 9.69 Å². The number of anilines is 2. The molecule has 30 heavy (non-hydrogen) atoms. The molecule has 0 bridgehead atoms. The van der Waals surface area contributed by atoms with Crippen molar-refractivity contribution in [3.8, 4) is 0 Å². The third-order valence-electron chi connectivity index (χ3n) is 5.86. The number of hydrogen-bond donors (Lipinski definition) is 1. The summed E-state index contributed by atoms with van der Waals surface area (Å²) in [6.07, 6.45) is 3.68. The second-order valence-corrected chi connectivity index (χ2v) is 8.49. The fourth-order valence-corrected chi connectivity index (χ4v) is 4.09. The molecular formula is C23H25ClFN3O2. The highest BCUT2D eigenvalue weighted by Crippen LogP contribution is 2.33. The lowest BCUT2D eigenvalue weighted by molar-refractivity contribution is -0.122. The van der Waals surface area contributed by atoms with Crippen LogP contribution in [0.3, 0.4) is 0 Å². The second kappa shape index (κ2) is 8.64. The predicted molar refractivity (Wildman–Crippen MR) is 116 cm³/mol. The fourth-order valence-electron chi connectivity index (χ4n) is 3.91. The summed E-state index contributed by atoms with van der Waals surface area (Å²) in [4.78, 5) is 29.1. The zero-order chi connectivity index (χ0) is 21.3. The standard InChI is InChI=1S/C23H25ClFN3O2/c1-15-6-9-21(20(12-15)26-22(29)16-4-2-5-16)28-11-3-10-27(23(28)30)14-17-13-18(25)7-8-19(17)24/h6-9,12-13,16H,2-5,10-11,14H2,1H3,(H,26,29). The molecule has 5 nitrogen and oxygen atoms in total. The van der Waals surface area contributed by atoms with Gasteiger partial charge in [-0.1, -0.05) is 24.1 Å². The first-order valence-electron chi connectivity index (χ1n) is 10.3. The number of nitrogens with one attached hydrogen (secondary N) is 1. The predicted octanol–water partition coefficient (Wildman–Crippen LogP) is 5.36. The Hall–Kier alpha value is -2.60. The smallest absolute Gasteiger partial charge is 0.324 e. The molecular weight excluding hydrogens is 405 g/mol. The number of rotatable bonds is 5. The van der Waals surface area contributed by atoms with Gasteiger partial charge >= 0.3 is 6.03 Å². The van der Waals surface area contributed by atoms with Gasteiger partial charge in [-0.2, -0.15) is 0 Å². The number of hydrogen-bond acceptors (Lipinski definition) is 2. The van der Waals surface area contributed by atoms with Crippen LogP contribution in [0.25, 0.3) is 0 Å². The van der Waals surface area contributed by atoms with Crippen LogP contribution in [-0.4, -0.2) is 29.9 Å². The molecule has 2 aromatic rings. The SMILES string of the molecule is Cc1ccc(N2CCCN(Cc3cc(F)ccc3Cl)C2=O)c(NC(=O)C2CCC2)c1. The minimum Gasteiger partial charge on any atom is -0.324 e. The van der Waals surface area contributed by atoms with Gasteiger partial charge in [0.15, 0.2) is 0 Å². The summed E-state index contributed by atoms with van der Waals surface area (Å²) in [5.74, 6) is -0.307. The maximum absolute atomic E-state index is 13.6. The van der Waals surface area contributed by atoms with E-state index in [4.69, 9.17) is 11.6 Å². The van der Waals surface area contributed by atoms with Crippen LogP contribution in [0.5, 0.6) is 0 Å². The number of benzene rings is 2. The van der Waals surface area contributed by atoms with Crippen molar-refractivity contribution >= 4 is 34.9 Å². The monoisotopic (exact) mass is 429 g/mol. The van der Waals surface area contributed by atoms with Crippen LogP contribution in [-0.2, 0) is 11.3 Å². The highest BCUT2D eigenvalue weighted by Gasteiger charge is 2.30. The van der Waals surface area contributed by atoms with Gasteiger partial charge in [-0.25, -0.2) is 9.18 Å². The van der Waals surface area contributed by atoms with Crippen LogP contribution in [0.4, 0.5) is 20.6 Å². The molecule has 0 unspecified atom stereocenters. The van der Waals surface area contributed by atoms with E-state index in [2.05, 4.69) is 5.32 Å². The fraction of sp³-hybridized carbons (Fsp3) is 0.391. The Balaban J connectivity index is 1.56. The van der Waals surface area contributed by atoms with Crippen LogP contribution < -0.4 is 10.2 Å². The van der Waals surface area contributed by atoms with Crippen molar-refractivity contribution in [1.82, 2.24) is 4.90 Å². The number of nitrogens with zero attached hydrogens (tertiary/aromatic N) is 2. The Bertz CT molecular complexity index is 977. The van der Waals surface area contributed by atoms with Crippen LogP contribution in [0.2, 0.25) is 5.02 Å². The Kier molecular flexibility index (Phi) is 5.95. The van der Waals surface area contributed by atoms with Gasteiger partial charge in [0.2, 0.25) is 5.91 Å². The summed E-state index contributed by atoms with van der Waals surface area (Å²) in [6.45, 7) is 3.32. The molecule has 4 rings (SSSR count). The zero-order valence-electron chi connectivity index (χ0n) is 17.0. The van der Waals surface area contributed by atoms with Crippen molar-refractivity contribution in [2.24, 2.45) is 5.92 Å². The van der Waals surface area contributed by atoms with Crippen molar-refractivity contribution in [2.75, 3.05) is 23.3 Å². The van der Waals surface area contributed by atoms with E-state index < -0.39 is 0 Å². The first-order chi connectivity index (χ1) is 14.4. The largest absolute Gasteiger partial charge is 0.324 e. The summed E-state index contributed by atoms with van der Waals surface area (Å²) in [5.41, 5.74) is 2.93. The summed E-state index contributed by atoms with van der Waals surface area (Å²) >= 11 is 6.20. The highest BCUT2D eigenvalue weighted by molar-refractivity contribution is 6.31. The first kappa shape index (κ1) is 20.7. The summed E-state index contributed by atoms with van der Waals surface area (Å²) in [6, 6.07) is 9.72. The average Bonchev–Trinajstić information content (AvgIpc) is 2.65. The van der Waals surface area contributed by atoms with Crippen molar-refractivity contribution < 1.29 is 14.0 Å². The molecule has 1 aliphatic carbocycles. The molecule has 0 aromatic heterocycles. The van der Waals surface area contributed by atoms with Gasteiger partial charge in [0.05, 0.1) is 11.4 Å². The molecule has 2 fully saturated rings. The Morgan fingerprint density at radius 1 is 1.17 bits per heavy atom. The number of urea groups is 1. The summed E-state index contributed by atoms with van der Waals surface area (Å²) < 4.78 is 13.6. The number of aryl methyl sites for hydroxylation is 1. The van der Waals surface area contributed by atoms with Crippen molar-refractivity contribution in [2.45, 2.75) is 39.2 Å². The maximum atomic E-state index is 13.6. The molecule has 2 aromatic carbocycles. The lowest BCUT2D eigenvalue weighted by Gasteiger charge is -2.37. The minimum atomic E-state index is -0.379. The number of amides is 3. The second-order valence-electron chi connectivity index (χ2n) is 8.08. The van der Waals surface area contributed by atoms with E-state index in [-0.39, 0.29) is 30.2 Å². The van der Waals surface area contributed by atoms with E-state index in [1.54, 1.807) is 9.80 Å². The van der Waals surface area contributed by atoms with Gasteiger partial charge < -0.3 is 10.2 Å². The molecule has 0 radical (unpaired) electrons. The van der Waals surface area contributed by atoms with Crippen LogP contribution >= 0.6 is 11.6 Å². The van der Waals surface area contributed by atoms with Crippen LogP contribution in [0, 0.1) is 18.7 Å². The highest BCUT2D eigenvalue weighted by atomic mass is 35.5. The van der Waals surface area contributed by atoms with Gasteiger partial charge in [0.25, 0.3) is 0 Å². The average molecular weight is 430 g/mol. The van der Waals surface area contributed by atoms with Crippen molar-refractivity contribution in [3.05, 3.63) is 58.4 Å². The van der Waals surface area contributed by atoms with E-state index in [9.17, 15) is 14.0 Å². The molecule has 3 amide bonds. The molecule has 1 saturated heterocycles. The summed E-state index contributed by atoms with van der Waals surface area (Å²) in [5, 5.41) is 3.47. The topological polar surface area (TPSA) is 52.6 Å². The zero-order valence-corrected chi connectivity index (χ0v) is 17.7. The van der Waals surface area contributed by atoms with Gasteiger partial charge in [-0.15, -0.1) is 0 Å². The maximum Gasteiger partial charge on any atom is 0.324 e. The first-order valence-corrected chi connectivity index (χ1v) is 10.7. The molecule has 0 atom stereocenters. The van der Waals surface area contributed by atoms with E-state index >= 15 is 0 Å². The molecule has 1 heterocycles. The molecule has 158 valence electrons. The lowest BCUT2D eigenvalue weighted by Crippen LogP contribution is -2.49. The third kappa shape index (κ3) is 4.29. The van der Waals surface area contributed by atoms with Crippen LogP contribution in [0.15, 0.2) is 36.4 Å². The van der Waals surface area contributed by atoms with Gasteiger partial charge in [0, 0.05) is 30.6 Å². The number of halogens is 2. The minimum absolute atomic E-state index is 0.0148. The summed E-state index contributed by atoms with van der Waals surface area (Å²) in [7, 11) is 0. The lowest BCUT2D eigenvalue weighted by atomic mass is 9.85. The third-order valence-corrected chi connectivity index (χ3v) is 6.23. The van der Waals surface area contributed by atoms with E-state index in [0.29, 0.717) is 35.1 Å². The van der Waals surface area contributed by atoms with Crippen molar-refractivity contribution in [3.63, 3.8) is 0 Å². The molecule has 1 aliphatic heterocycles. The number of carbonyl (C=O) groups is 2. The van der Waals surface area contributed by atoms with Crippen molar-refractivity contribution in [1.29, 1.82) is 0 Å². The van der Waals surface area contributed by atoms with Gasteiger partial charge in [-0.05, 0) is 67.6 Å². The van der Waals surface area contributed by atoms with Gasteiger partial charge in [0.1, 0.15) is 5.82 Å². The van der Waals surface area contributed by atoms with E-state index in [1.165, 1.54) is 18.2 Å². The molecule has 1 saturated carbocycles. The normalized spacial score (nSPS) is 17.1. The Morgan fingerprint density at radius 3 is 2.70 bits per heavy atom. The Morgan fingerprint density at radius 2 is 1.97 bits per heavy atom. The van der Waals surface area contributed by atoms with E-state index in [1.807, 2.05) is 25.1 Å². The Labute approximate surface area is 180 Å². The number of carbonyl (C=O) groups excluding carboxylic acids is 2. The molecule has 7 heteroatoms. The van der Waals surface area contributed by atoms with E-state index in [0.717, 1.165) is 31.2 Å². The molecule has 1 N–H and O–H groups in total. The quantitative estimate of drug-likeness (QED) is 0.695. The van der Waals surface area contributed by atoms with Crippen LogP contribution in [0.1, 0.15) is 36.8 Å². The molecule has 0 spiro atoms. The molecule has 2 aliphatic rings.